The number of hydrogen-bond donors (Lipinski definition) is 0. The third kappa shape index (κ3) is 2.80. The van der Waals surface area contributed by atoms with Crippen LogP contribution in [-0.2, 0) is 0 Å². The van der Waals surface area contributed by atoms with Gasteiger partial charge < -0.3 is 0 Å². The van der Waals surface area contributed by atoms with Crippen molar-refractivity contribution in [2.45, 2.75) is 9.79 Å². The summed E-state index contributed by atoms with van der Waals surface area (Å²) in [7, 11) is 0. The summed E-state index contributed by atoms with van der Waals surface area (Å²) in [5.41, 5.74) is 0. The van der Waals surface area contributed by atoms with E-state index in [9.17, 15) is 0 Å². The third-order valence-corrected chi connectivity index (χ3v) is 3.87. The van der Waals surface area contributed by atoms with Gasteiger partial charge in [0.25, 0.3) is 0 Å². The molecule has 0 aliphatic heterocycles. The molecule has 0 bridgehead atoms. The van der Waals surface area contributed by atoms with Gasteiger partial charge in [-0.2, -0.15) is 0 Å². The Morgan fingerprint density at radius 2 is 1.69 bits per heavy atom. The van der Waals surface area contributed by atoms with Gasteiger partial charge in [-0.05, 0) is 18.2 Å². The summed E-state index contributed by atoms with van der Waals surface area (Å²) in [4.78, 5) is 1.63. The average Bonchev–Trinajstić information content (AvgIpc) is 2.27. The van der Waals surface area contributed by atoms with Crippen LogP contribution in [0.4, 0.5) is 0 Å². The maximum absolute atomic E-state index is 6.03. The minimum absolute atomic E-state index is 0.305. The zero-order valence-corrected chi connectivity index (χ0v) is 10.9. The van der Waals surface area contributed by atoms with Gasteiger partial charge in [-0.25, -0.2) is 0 Å². The summed E-state index contributed by atoms with van der Waals surface area (Å²) in [6.07, 6.45) is 0. The quantitative estimate of drug-likeness (QED) is 0.809. The standard InChI is InChI=1S/C10H5Cl3N2S/c11-6-3-1-2-4-7(6)16-8-5-9(12)14-15-10(8)13/h1-5H. The lowest BCUT2D eigenvalue weighted by atomic mass is 10.4. The Morgan fingerprint density at radius 1 is 0.938 bits per heavy atom. The Kier molecular flexibility index (Phi) is 3.92. The van der Waals surface area contributed by atoms with Crippen molar-refractivity contribution in [1.82, 2.24) is 10.2 Å². The highest BCUT2D eigenvalue weighted by Gasteiger charge is 2.08. The van der Waals surface area contributed by atoms with E-state index in [0.717, 1.165) is 9.79 Å². The molecule has 0 unspecified atom stereocenters. The van der Waals surface area contributed by atoms with Crippen LogP contribution >= 0.6 is 46.6 Å². The van der Waals surface area contributed by atoms with Crippen LogP contribution in [0.1, 0.15) is 0 Å². The highest BCUT2D eigenvalue weighted by Crippen LogP contribution is 2.36. The molecular weight excluding hydrogens is 287 g/mol. The van der Waals surface area contributed by atoms with Crippen molar-refractivity contribution in [2.75, 3.05) is 0 Å². The maximum atomic E-state index is 6.03. The first-order valence-corrected chi connectivity index (χ1v) is 6.23. The highest BCUT2D eigenvalue weighted by atomic mass is 35.5. The van der Waals surface area contributed by atoms with Crippen molar-refractivity contribution in [2.24, 2.45) is 0 Å². The third-order valence-electron chi connectivity index (χ3n) is 1.74. The topological polar surface area (TPSA) is 25.8 Å². The van der Waals surface area contributed by atoms with E-state index in [1.807, 2.05) is 24.3 Å². The summed E-state index contributed by atoms with van der Waals surface area (Å²) in [5.74, 6) is 0. The van der Waals surface area contributed by atoms with Gasteiger partial charge in [0.05, 0.1) is 9.92 Å². The number of hydrogen-bond acceptors (Lipinski definition) is 3. The second-order valence-corrected chi connectivity index (χ2v) is 5.09. The van der Waals surface area contributed by atoms with Crippen LogP contribution in [0.25, 0.3) is 0 Å². The van der Waals surface area contributed by atoms with Gasteiger partial charge in [-0.1, -0.05) is 58.7 Å². The van der Waals surface area contributed by atoms with Gasteiger partial charge in [0.1, 0.15) is 0 Å². The fourth-order valence-corrected chi connectivity index (χ4v) is 2.57. The lowest BCUT2D eigenvalue weighted by Gasteiger charge is -2.04. The molecule has 2 rings (SSSR count). The van der Waals surface area contributed by atoms with E-state index in [4.69, 9.17) is 34.8 Å². The number of aromatic nitrogens is 2. The number of benzene rings is 1. The smallest absolute Gasteiger partial charge is 0.137 e. The number of rotatable bonds is 2. The van der Waals surface area contributed by atoms with Gasteiger partial charge in [-0.15, -0.1) is 10.2 Å². The van der Waals surface area contributed by atoms with Crippen molar-refractivity contribution < 1.29 is 0 Å². The van der Waals surface area contributed by atoms with E-state index >= 15 is 0 Å². The van der Waals surface area contributed by atoms with Crippen molar-refractivity contribution in [3.63, 3.8) is 0 Å². The van der Waals surface area contributed by atoms with E-state index in [0.29, 0.717) is 15.3 Å². The van der Waals surface area contributed by atoms with Crippen LogP contribution in [0.2, 0.25) is 15.3 Å². The van der Waals surface area contributed by atoms with E-state index < -0.39 is 0 Å². The summed E-state index contributed by atoms with van der Waals surface area (Å²) < 4.78 is 0. The lowest BCUT2D eigenvalue weighted by molar-refractivity contribution is 0.998. The predicted octanol–water partition coefficient (Wildman–Crippen LogP) is 4.59. The van der Waals surface area contributed by atoms with E-state index in [2.05, 4.69) is 10.2 Å². The summed E-state index contributed by atoms with van der Waals surface area (Å²) in [6.45, 7) is 0. The van der Waals surface area contributed by atoms with Gasteiger partial charge in [0.2, 0.25) is 0 Å². The molecule has 0 spiro atoms. The first kappa shape index (κ1) is 12.0. The first-order chi connectivity index (χ1) is 7.66. The molecule has 16 heavy (non-hydrogen) atoms. The summed E-state index contributed by atoms with van der Waals surface area (Å²) in [5, 5.41) is 8.65. The van der Waals surface area contributed by atoms with Crippen LogP contribution in [-0.4, -0.2) is 10.2 Å². The van der Waals surface area contributed by atoms with Crippen LogP contribution in [0.3, 0.4) is 0 Å². The molecule has 2 aromatic rings. The molecule has 0 amide bonds. The van der Waals surface area contributed by atoms with Crippen LogP contribution in [0.15, 0.2) is 40.1 Å². The van der Waals surface area contributed by atoms with E-state index in [1.54, 1.807) is 6.07 Å². The Labute approximate surface area is 112 Å². The SMILES string of the molecule is Clc1cc(Sc2ccccc2Cl)c(Cl)nn1. The lowest BCUT2D eigenvalue weighted by Crippen LogP contribution is -1.86. The number of nitrogens with zero attached hydrogens (tertiary/aromatic N) is 2. The van der Waals surface area contributed by atoms with Crippen molar-refractivity contribution in [3.05, 3.63) is 45.7 Å². The molecule has 0 atom stereocenters. The maximum Gasteiger partial charge on any atom is 0.165 e. The van der Waals surface area contributed by atoms with Crippen molar-refractivity contribution >= 4 is 46.6 Å². The van der Waals surface area contributed by atoms with Gasteiger partial charge >= 0.3 is 0 Å². The van der Waals surface area contributed by atoms with Gasteiger partial charge in [0.15, 0.2) is 10.3 Å². The van der Waals surface area contributed by atoms with Gasteiger partial charge in [-0.3, -0.25) is 0 Å². The molecule has 1 aromatic heterocycles. The van der Waals surface area contributed by atoms with Gasteiger partial charge in [0, 0.05) is 4.90 Å². The molecule has 0 aliphatic rings. The fraction of sp³-hybridized carbons (Fsp3) is 0. The zero-order valence-electron chi connectivity index (χ0n) is 7.82. The van der Waals surface area contributed by atoms with E-state index in [-0.39, 0.29) is 0 Å². The molecule has 0 fully saturated rings. The van der Waals surface area contributed by atoms with Crippen LogP contribution < -0.4 is 0 Å². The molecule has 6 heteroatoms. The zero-order chi connectivity index (χ0) is 11.5. The Balaban J connectivity index is 2.34. The molecular formula is C10H5Cl3N2S. The normalized spacial score (nSPS) is 10.4. The highest BCUT2D eigenvalue weighted by molar-refractivity contribution is 7.99. The monoisotopic (exact) mass is 290 g/mol. The molecule has 82 valence electrons. The predicted molar refractivity (Wildman–Crippen MR) is 67.6 cm³/mol. The molecule has 0 N–H and O–H groups in total. The molecule has 0 aliphatic carbocycles. The van der Waals surface area contributed by atoms with Crippen molar-refractivity contribution in [3.8, 4) is 0 Å². The Bertz CT molecular complexity index is 519. The minimum Gasteiger partial charge on any atom is -0.137 e. The first-order valence-electron chi connectivity index (χ1n) is 4.28. The van der Waals surface area contributed by atoms with Crippen LogP contribution in [0.5, 0.6) is 0 Å². The minimum atomic E-state index is 0.305. The molecule has 2 nitrogen and oxygen atoms in total. The second kappa shape index (κ2) is 5.23. The molecule has 0 saturated carbocycles. The molecule has 0 radical (unpaired) electrons. The average molecular weight is 292 g/mol. The van der Waals surface area contributed by atoms with E-state index in [1.165, 1.54) is 11.8 Å². The summed E-state index contributed by atoms with van der Waals surface area (Å²) in [6, 6.07) is 9.14. The summed E-state index contributed by atoms with van der Waals surface area (Å²) >= 11 is 19.1. The molecule has 0 saturated heterocycles. The van der Waals surface area contributed by atoms with Crippen molar-refractivity contribution in [1.29, 1.82) is 0 Å². The largest absolute Gasteiger partial charge is 0.165 e. The fourth-order valence-electron chi connectivity index (χ4n) is 1.06. The second-order valence-electron chi connectivity index (χ2n) is 2.85. The molecule has 1 heterocycles. The van der Waals surface area contributed by atoms with Crippen LogP contribution in [0, 0.1) is 0 Å². The number of halogens is 3. The Hall–Kier alpha value is -0.480. The molecule has 1 aromatic carbocycles. The Morgan fingerprint density at radius 3 is 2.44 bits per heavy atom.